The van der Waals surface area contributed by atoms with E-state index in [9.17, 15) is 18.0 Å². The van der Waals surface area contributed by atoms with Crippen molar-refractivity contribution in [1.82, 2.24) is 10.2 Å². The molecule has 8 nitrogen and oxygen atoms in total. The Hall–Kier alpha value is -3.56. The number of nitrogens with one attached hydrogen (secondary N) is 1. The molecule has 0 radical (unpaired) electrons. The molecule has 214 valence electrons. The summed E-state index contributed by atoms with van der Waals surface area (Å²) in [5.41, 5.74) is 1.82. The minimum atomic E-state index is -4.15. The molecule has 0 unspecified atom stereocenters. The minimum Gasteiger partial charge on any atom is -0.497 e. The smallest absolute Gasteiger partial charge is 0.264 e. The number of sulfonamides is 1. The molecule has 2 atom stereocenters. The number of aryl methyl sites for hydroxylation is 1. The maximum absolute atomic E-state index is 14.0. The molecular formula is C30H36ClN3O5S. The van der Waals surface area contributed by atoms with Crippen LogP contribution in [0, 0.1) is 6.92 Å². The highest BCUT2D eigenvalue weighted by Gasteiger charge is 2.33. The Morgan fingerprint density at radius 1 is 0.975 bits per heavy atom. The number of hydrogen-bond donors (Lipinski definition) is 1. The standard InChI is InChI=1S/C30H36ClN3O5S/c1-6-22(3)32-30(36)23(4)33(19-24-9-7-8-10-28(24)31)29(35)20-34(25-13-15-26(39-5)16-14-25)40(37,38)27-17-11-21(2)12-18-27/h7-18,22-23H,6,19-20H2,1-5H3,(H,32,36)/t22-,23-/m1/s1. The molecule has 0 fully saturated rings. The predicted molar refractivity (Wildman–Crippen MR) is 158 cm³/mol. The molecule has 40 heavy (non-hydrogen) atoms. The molecule has 0 aliphatic carbocycles. The van der Waals surface area contributed by atoms with Crippen LogP contribution < -0.4 is 14.4 Å². The number of benzene rings is 3. The van der Waals surface area contributed by atoms with Crippen LogP contribution in [0.25, 0.3) is 0 Å². The monoisotopic (exact) mass is 585 g/mol. The van der Waals surface area contributed by atoms with Crippen LogP contribution in [0.15, 0.2) is 77.7 Å². The van der Waals surface area contributed by atoms with Gasteiger partial charge in [0.25, 0.3) is 10.0 Å². The zero-order valence-corrected chi connectivity index (χ0v) is 25.0. The van der Waals surface area contributed by atoms with Crippen molar-refractivity contribution >= 4 is 39.1 Å². The predicted octanol–water partition coefficient (Wildman–Crippen LogP) is 5.18. The fourth-order valence-electron chi connectivity index (χ4n) is 3.97. The maximum atomic E-state index is 14.0. The first kappa shape index (κ1) is 31.0. The van der Waals surface area contributed by atoms with Crippen LogP contribution in [0.4, 0.5) is 5.69 Å². The Morgan fingerprint density at radius 2 is 1.60 bits per heavy atom. The SMILES string of the molecule is CC[C@@H](C)NC(=O)[C@@H](C)N(Cc1ccccc1Cl)C(=O)CN(c1ccc(OC)cc1)S(=O)(=O)c1ccc(C)cc1. The van der Waals surface area contributed by atoms with Gasteiger partial charge in [-0.25, -0.2) is 8.42 Å². The highest BCUT2D eigenvalue weighted by atomic mass is 35.5. The summed E-state index contributed by atoms with van der Waals surface area (Å²) < 4.78 is 34.0. The Morgan fingerprint density at radius 3 is 2.17 bits per heavy atom. The quantitative estimate of drug-likeness (QED) is 0.316. The van der Waals surface area contributed by atoms with E-state index in [-0.39, 0.29) is 29.1 Å². The molecule has 1 N–H and O–H groups in total. The molecule has 0 bridgehead atoms. The van der Waals surface area contributed by atoms with Crippen molar-refractivity contribution in [1.29, 1.82) is 0 Å². The van der Waals surface area contributed by atoms with E-state index < -0.39 is 28.5 Å². The first-order valence-corrected chi connectivity index (χ1v) is 14.9. The van der Waals surface area contributed by atoms with E-state index in [4.69, 9.17) is 16.3 Å². The van der Waals surface area contributed by atoms with Gasteiger partial charge >= 0.3 is 0 Å². The third kappa shape index (κ3) is 7.55. The second kappa shape index (κ2) is 13.7. The second-order valence-electron chi connectivity index (χ2n) is 9.63. The summed E-state index contributed by atoms with van der Waals surface area (Å²) in [6, 6.07) is 18.9. The van der Waals surface area contributed by atoms with Gasteiger partial charge < -0.3 is 15.0 Å². The van der Waals surface area contributed by atoms with E-state index in [1.54, 1.807) is 67.6 Å². The van der Waals surface area contributed by atoms with E-state index >= 15 is 0 Å². The number of carbonyl (C=O) groups excluding carboxylic acids is 2. The number of ether oxygens (including phenoxy) is 1. The molecule has 0 spiro atoms. The van der Waals surface area contributed by atoms with Crippen molar-refractivity contribution < 1.29 is 22.7 Å². The van der Waals surface area contributed by atoms with Gasteiger partial charge in [0, 0.05) is 17.6 Å². The molecule has 0 aliphatic heterocycles. The Labute approximate surface area is 241 Å². The van der Waals surface area contributed by atoms with Crippen molar-refractivity contribution in [2.75, 3.05) is 18.0 Å². The average Bonchev–Trinajstić information content (AvgIpc) is 2.95. The zero-order chi connectivity index (χ0) is 29.4. The van der Waals surface area contributed by atoms with E-state index in [1.165, 1.54) is 24.1 Å². The van der Waals surface area contributed by atoms with E-state index in [1.807, 2.05) is 20.8 Å². The lowest BCUT2D eigenvalue weighted by molar-refractivity contribution is -0.139. The van der Waals surface area contributed by atoms with Crippen molar-refractivity contribution in [2.24, 2.45) is 0 Å². The third-order valence-corrected chi connectivity index (χ3v) is 8.87. The van der Waals surface area contributed by atoms with Gasteiger partial charge in [-0.2, -0.15) is 0 Å². The van der Waals surface area contributed by atoms with Crippen LogP contribution in [0.3, 0.4) is 0 Å². The summed E-state index contributed by atoms with van der Waals surface area (Å²) in [6.45, 7) is 6.80. The highest BCUT2D eigenvalue weighted by molar-refractivity contribution is 7.92. The molecule has 3 aromatic rings. The molecule has 3 rings (SSSR count). The molecule has 3 aromatic carbocycles. The van der Waals surface area contributed by atoms with Gasteiger partial charge in [-0.1, -0.05) is 54.4 Å². The maximum Gasteiger partial charge on any atom is 0.264 e. The molecule has 0 saturated carbocycles. The topological polar surface area (TPSA) is 96.0 Å². The molecule has 2 amide bonds. The summed E-state index contributed by atoms with van der Waals surface area (Å²) >= 11 is 6.40. The van der Waals surface area contributed by atoms with Gasteiger partial charge in [-0.15, -0.1) is 0 Å². The summed E-state index contributed by atoms with van der Waals surface area (Å²) in [6.07, 6.45) is 0.719. The average molecular weight is 586 g/mol. The lowest BCUT2D eigenvalue weighted by Gasteiger charge is -2.32. The number of amides is 2. The third-order valence-electron chi connectivity index (χ3n) is 6.72. The molecule has 0 aliphatic rings. The van der Waals surface area contributed by atoms with Crippen molar-refractivity contribution in [3.05, 3.63) is 88.9 Å². The fourth-order valence-corrected chi connectivity index (χ4v) is 5.58. The van der Waals surface area contributed by atoms with Gasteiger partial charge in [-0.3, -0.25) is 13.9 Å². The number of nitrogens with zero attached hydrogens (tertiary/aromatic N) is 2. The first-order valence-electron chi connectivity index (χ1n) is 13.0. The number of anilines is 1. The van der Waals surface area contributed by atoms with Crippen LogP contribution in [-0.2, 0) is 26.2 Å². The zero-order valence-electron chi connectivity index (χ0n) is 23.4. The lowest BCUT2D eigenvalue weighted by atomic mass is 10.1. The number of rotatable bonds is 12. The van der Waals surface area contributed by atoms with Gasteiger partial charge in [0.2, 0.25) is 11.8 Å². The Balaban J connectivity index is 2.04. The molecule has 0 heterocycles. The van der Waals surface area contributed by atoms with Crippen LogP contribution in [-0.4, -0.2) is 50.9 Å². The van der Waals surface area contributed by atoms with Gasteiger partial charge in [-0.05, 0) is 75.2 Å². The molecule has 0 saturated heterocycles. The first-order chi connectivity index (χ1) is 19.0. The van der Waals surface area contributed by atoms with Gasteiger partial charge in [0.05, 0.1) is 17.7 Å². The van der Waals surface area contributed by atoms with Gasteiger partial charge in [0.15, 0.2) is 0 Å². The summed E-state index contributed by atoms with van der Waals surface area (Å²) in [5.74, 6) is -0.358. The van der Waals surface area contributed by atoms with Crippen LogP contribution in [0.2, 0.25) is 5.02 Å². The minimum absolute atomic E-state index is 0.0225. The van der Waals surface area contributed by atoms with Crippen LogP contribution >= 0.6 is 11.6 Å². The van der Waals surface area contributed by atoms with Crippen molar-refractivity contribution in [3.63, 3.8) is 0 Å². The summed E-state index contributed by atoms with van der Waals surface area (Å²) in [4.78, 5) is 28.5. The number of carbonyl (C=O) groups is 2. The second-order valence-corrected chi connectivity index (χ2v) is 11.9. The number of methoxy groups -OCH3 is 1. The number of hydrogen-bond acceptors (Lipinski definition) is 5. The van der Waals surface area contributed by atoms with Gasteiger partial charge in [0.1, 0.15) is 18.3 Å². The lowest BCUT2D eigenvalue weighted by Crippen LogP contribution is -2.52. The Bertz CT molecular complexity index is 1410. The van der Waals surface area contributed by atoms with Crippen molar-refractivity contribution in [2.45, 2.75) is 57.6 Å². The van der Waals surface area contributed by atoms with E-state index in [0.29, 0.717) is 16.3 Å². The number of halogens is 1. The summed E-state index contributed by atoms with van der Waals surface area (Å²) in [7, 11) is -2.64. The molecule has 0 aromatic heterocycles. The highest BCUT2D eigenvalue weighted by Crippen LogP contribution is 2.27. The largest absolute Gasteiger partial charge is 0.497 e. The van der Waals surface area contributed by atoms with Crippen LogP contribution in [0.1, 0.15) is 38.3 Å². The van der Waals surface area contributed by atoms with E-state index in [2.05, 4.69) is 5.32 Å². The van der Waals surface area contributed by atoms with E-state index in [0.717, 1.165) is 16.3 Å². The van der Waals surface area contributed by atoms with Crippen LogP contribution in [0.5, 0.6) is 5.75 Å². The summed E-state index contributed by atoms with van der Waals surface area (Å²) in [5, 5.41) is 3.35. The normalized spacial score (nSPS) is 12.8. The molecular weight excluding hydrogens is 550 g/mol. The fraction of sp³-hybridized carbons (Fsp3) is 0.333. The van der Waals surface area contributed by atoms with Crippen molar-refractivity contribution in [3.8, 4) is 5.75 Å². The Kier molecular flexibility index (Phi) is 10.6. The molecule has 10 heteroatoms.